The summed E-state index contributed by atoms with van der Waals surface area (Å²) in [6.45, 7) is 2.29. The van der Waals surface area contributed by atoms with Gasteiger partial charge in [-0.2, -0.15) is 0 Å². The number of hydrogen-bond acceptors (Lipinski definition) is 3. The van der Waals surface area contributed by atoms with E-state index >= 15 is 0 Å². The fourth-order valence-corrected chi connectivity index (χ4v) is 3.49. The Hall–Kier alpha value is -0.450. The summed E-state index contributed by atoms with van der Waals surface area (Å²) in [6, 6.07) is 2.34. The summed E-state index contributed by atoms with van der Waals surface area (Å²) in [6.07, 6.45) is 10.3. The van der Waals surface area contributed by atoms with E-state index in [4.69, 9.17) is 5.84 Å². The lowest BCUT2D eigenvalue weighted by Crippen LogP contribution is -2.35. The summed E-state index contributed by atoms with van der Waals surface area (Å²) in [5.74, 6) is 7.27. The number of aromatic nitrogens is 1. The molecule has 1 aliphatic rings. The molecule has 0 aromatic carbocycles. The highest BCUT2D eigenvalue weighted by molar-refractivity contribution is 9.10. The number of hydrazine groups is 1. The molecule has 4 heteroatoms. The maximum Gasteiger partial charge on any atom is 0.0503 e. The summed E-state index contributed by atoms with van der Waals surface area (Å²) in [7, 11) is 0. The summed E-state index contributed by atoms with van der Waals surface area (Å²) >= 11 is 3.48. The number of halogens is 1. The lowest BCUT2D eigenvalue weighted by atomic mass is 9.75. The molecule has 1 aromatic rings. The van der Waals surface area contributed by atoms with Crippen molar-refractivity contribution in [3.8, 4) is 0 Å². The second kappa shape index (κ2) is 6.64. The highest BCUT2D eigenvalue weighted by Crippen LogP contribution is 2.38. The molecule has 1 aliphatic carbocycles. The summed E-state index contributed by atoms with van der Waals surface area (Å²) in [4.78, 5) is 4.24. The topological polar surface area (TPSA) is 50.9 Å². The maximum atomic E-state index is 5.78. The van der Waals surface area contributed by atoms with Crippen LogP contribution in [0.2, 0.25) is 0 Å². The lowest BCUT2D eigenvalue weighted by molar-refractivity contribution is 0.210. The molecular weight excluding hydrogens is 290 g/mol. The Labute approximate surface area is 118 Å². The van der Waals surface area contributed by atoms with Crippen molar-refractivity contribution in [1.82, 2.24) is 10.4 Å². The van der Waals surface area contributed by atoms with Crippen LogP contribution in [0.4, 0.5) is 0 Å². The van der Waals surface area contributed by atoms with Gasteiger partial charge in [0.2, 0.25) is 0 Å². The van der Waals surface area contributed by atoms with Crippen LogP contribution in [0.1, 0.15) is 50.6 Å². The first-order valence-corrected chi connectivity index (χ1v) is 7.60. The van der Waals surface area contributed by atoms with Gasteiger partial charge in [-0.05, 0) is 52.2 Å². The van der Waals surface area contributed by atoms with Crippen LogP contribution in [0.5, 0.6) is 0 Å². The van der Waals surface area contributed by atoms with Crippen LogP contribution >= 0.6 is 15.9 Å². The predicted molar refractivity (Wildman–Crippen MR) is 77.7 cm³/mol. The molecule has 0 radical (unpaired) electrons. The minimum atomic E-state index is 0.226. The van der Waals surface area contributed by atoms with Gasteiger partial charge in [-0.1, -0.05) is 26.2 Å². The van der Waals surface area contributed by atoms with Crippen LogP contribution in [0.3, 0.4) is 0 Å². The third-order valence-electron chi connectivity index (χ3n) is 4.14. The van der Waals surface area contributed by atoms with E-state index in [1.165, 1.54) is 37.7 Å². The first-order chi connectivity index (χ1) is 8.74. The molecule has 1 aromatic heterocycles. The van der Waals surface area contributed by atoms with Crippen LogP contribution < -0.4 is 11.3 Å². The Morgan fingerprint density at radius 3 is 3.00 bits per heavy atom. The van der Waals surface area contributed by atoms with Crippen molar-refractivity contribution in [2.45, 2.75) is 45.1 Å². The molecule has 100 valence electrons. The van der Waals surface area contributed by atoms with E-state index in [-0.39, 0.29) is 6.04 Å². The molecule has 1 heterocycles. The average molecular weight is 312 g/mol. The van der Waals surface area contributed by atoms with Crippen molar-refractivity contribution in [1.29, 1.82) is 0 Å². The number of nitrogens with zero attached hydrogens (tertiary/aromatic N) is 1. The van der Waals surface area contributed by atoms with E-state index in [9.17, 15) is 0 Å². The number of pyridine rings is 1. The molecule has 0 bridgehead atoms. The first-order valence-electron chi connectivity index (χ1n) is 6.81. The van der Waals surface area contributed by atoms with Gasteiger partial charge in [0.1, 0.15) is 0 Å². The molecule has 3 unspecified atom stereocenters. The molecule has 0 spiro atoms. The number of rotatable bonds is 4. The summed E-state index contributed by atoms with van der Waals surface area (Å²) < 4.78 is 1.02. The monoisotopic (exact) mass is 311 g/mol. The van der Waals surface area contributed by atoms with Crippen LogP contribution in [0, 0.1) is 11.8 Å². The molecule has 2 rings (SSSR count). The molecule has 3 atom stereocenters. The van der Waals surface area contributed by atoms with Gasteiger partial charge in [-0.25, -0.2) is 0 Å². The van der Waals surface area contributed by atoms with Crippen molar-refractivity contribution >= 4 is 15.9 Å². The van der Waals surface area contributed by atoms with Crippen molar-refractivity contribution < 1.29 is 0 Å². The van der Waals surface area contributed by atoms with Crippen LogP contribution in [-0.2, 0) is 0 Å². The van der Waals surface area contributed by atoms with Gasteiger partial charge >= 0.3 is 0 Å². The highest BCUT2D eigenvalue weighted by Gasteiger charge is 2.28. The van der Waals surface area contributed by atoms with Gasteiger partial charge in [0.15, 0.2) is 0 Å². The maximum absolute atomic E-state index is 5.78. The molecular formula is C14H22BrN3. The van der Waals surface area contributed by atoms with Crippen molar-refractivity contribution in [3.63, 3.8) is 0 Å². The highest BCUT2D eigenvalue weighted by atomic mass is 79.9. The molecule has 18 heavy (non-hydrogen) atoms. The molecule has 0 saturated heterocycles. The van der Waals surface area contributed by atoms with Crippen LogP contribution in [0.15, 0.2) is 22.9 Å². The fourth-order valence-electron chi connectivity index (χ4n) is 3.11. The minimum absolute atomic E-state index is 0.226. The number of hydrogen-bond donors (Lipinski definition) is 2. The third kappa shape index (κ3) is 3.31. The largest absolute Gasteiger partial charge is 0.271 e. The molecule has 0 aliphatic heterocycles. The molecule has 0 amide bonds. The fraction of sp³-hybridized carbons (Fsp3) is 0.643. The lowest BCUT2D eigenvalue weighted by Gasteiger charge is -2.34. The predicted octanol–water partition coefficient (Wildman–Crippen LogP) is 3.56. The average Bonchev–Trinajstić information content (AvgIpc) is 2.40. The Morgan fingerprint density at radius 2 is 2.33 bits per heavy atom. The second-order valence-electron chi connectivity index (χ2n) is 5.28. The Morgan fingerprint density at radius 1 is 1.50 bits per heavy atom. The van der Waals surface area contributed by atoms with Crippen LogP contribution in [0.25, 0.3) is 0 Å². The Kier molecular flexibility index (Phi) is 5.15. The smallest absolute Gasteiger partial charge is 0.0503 e. The molecule has 1 fully saturated rings. The van der Waals surface area contributed by atoms with Crippen LogP contribution in [-0.4, -0.2) is 4.98 Å². The zero-order valence-corrected chi connectivity index (χ0v) is 12.5. The van der Waals surface area contributed by atoms with Gasteiger partial charge in [0.25, 0.3) is 0 Å². The Bertz CT molecular complexity index is 383. The van der Waals surface area contributed by atoms with E-state index in [1.807, 2.05) is 12.4 Å². The molecule has 1 saturated carbocycles. The van der Waals surface area contributed by atoms with Gasteiger partial charge in [-0.3, -0.25) is 16.3 Å². The Balaban J connectivity index is 2.12. The van der Waals surface area contributed by atoms with E-state index in [0.717, 1.165) is 10.4 Å². The zero-order valence-electron chi connectivity index (χ0n) is 10.9. The quantitative estimate of drug-likeness (QED) is 0.660. The van der Waals surface area contributed by atoms with E-state index < -0.39 is 0 Å². The van der Waals surface area contributed by atoms with E-state index in [2.05, 4.69) is 39.3 Å². The van der Waals surface area contributed by atoms with Crippen molar-refractivity contribution in [3.05, 3.63) is 28.5 Å². The SMILES string of the molecule is CCC1CCCC(C(NN)c2cncc(Br)c2)C1. The normalized spacial score (nSPS) is 25.9. The van der Waals surface area contributed by atoms with Gasteiger partial charge < -0.3 is 0 Å². The van der Waals surface area contributed by atoms with Crippen molar-refractivity contribution in [2.24, 2.45) is 17.7 Å². The van der Waals surface area contributed by atoms with E-state index in [0.29, 0.717) is 5.92 Å². The molecule has 3 nitrogen and oxygen atoms in total. The van der Waals surface area contributed by atoms with Crippen molar-refractivity contribution in [2.75, 3.05) is 0 Å². The third-order valence-corrected chi connectivity index (χ3v) is 4.57. The van der Waals surface area contributed by atoms with Gasteiger partial charge in [-0.15, -0.1) is 0 Å². The zero-order chi connectivity index (χ0) is 13.0. The number of nitrogens with two attached hydrogens (primary N) is 1. The van der Waals surface area contributed by atoms with Gasteiger partial charge in [0.05, 0.1) is 6.04 Å². The second-order valence-corrected chi connectivity index (χ2v) is 6.20. The molecule has 3 N–H and O–H groups in total. The van der Waals surface area contributed by atoms with Gasteiger partial charge in [0, 0.05) is 16.9 Å². The summed E-state index contributed by atoms with van der Waals surface area (Å²) in [5.41, 5.74) is 4.19. The van der Waals surface area contributed by atoms with E-state index in [1.54, 1.807) is 0 Å². The summed E-state index contributed by atoms with van der Waals surface area (Å²) in [5, 5.41) is 0. The standard InChI is InChI=1S/C14H22BrN3/c1-2-10-4-3-5-11(6-10)14(18-16)12-7-13(15)9-17-8-12/h7-11,14,18H,2-6,16H2,1H3. The first kappa shape index (κ1) is 14.0. The minimum Gasteiger partial charge on any atom is -0.271 e. The number of nitrogens with one attached hydrogen (secondary N) is 1.